The predicted octanol–water partition coefficient (Wildman–Crippen LogP) is 3.20. The van der Waals surface area contributed by atoms with E-state index >= 15 is 0 Å². The van der Waals surface area contributed by atoms with E-state index in [9.17, 15) is 9.18 Å². The molecule has 0 fully saturated rings. The van der Waals surface area contributed by atoms with Crippen LogP contribution in [0.25, 0.3) is 0 Å². The first-order valence-corrected chi connectivity index (χ1v) is 5.20. The van der Waals surface area contributed by atoms with Gasteiger partial charge in [0, 0.05) is 11.6 Å². The van der Waals surface area contributed by atoms with E-state index in [0.717, 1.165) is 12.8 Å². The Morgan fingerprint density at radius 2 is 2.00 bits per heavy atom. The Morgan fingerprint density at radius 1 is 1.40 bits per heavy atom. The van der Waals surface area contributed by atoms with Crippen LogP contribution in [-0.2, 0) is 4.79 Å². The van der Waals surface area contributed by atoms with Crippen LogP contribution in [0.1, 0.15) is 26.7 Å². The van der Waals surface area contributed by atoms with E-state index < -0.39 is 0 Å². The second kappa shape index (κ2) is 5.49. The molecule has 0 saturated carbocycles. The fourth-order valence-corrected chi connectivity index (χ4v) is 1.36. The van der Waals surface area contributed by atoms with Crippen LogP contribution in [0.2, 0.25) is 0 Å². The summed E-state index contributed by atoms with van der Waals surface area (Å²) in [5, 5.41) is 2.75. The molecule has 1 aromatic carbocycles. The maximum absolute atomic E-state index is 12.6. The molecule has 1 amide bonds. The van der Waals surface area contributed by atoms with Crippen LogP contribution < -0.4 is 5.32 Å². The van der Waals surface area contributed by atoms with Crippen LogP contribution in [0.4, 0.5) is 10.1 Å². The topological polar surface area (TPSA) is 29.1 Å². The highest BCUT2D eigenvalue weighted by molar-refractivity contribution is 5.92. The summed E-state index contributed by atoms with van der Waals surface area (Å²) in [6.45, 7) is 3.93. The quantitative estimate of drug-likeness (QED) is 0.810. The number of anilines is 1. The number of benzene rings is 1. The summed E-state index contributed by atoms with van der Waals surface area (Å²) in [5.74, 6) is -0.307. The number of carbonyl (C=O) groups excluding carboxylic acids is 1. The Bertz CT molecular complexity index is 321. The van der Waals surface area contributed by atoms with E-state index in [2.05, 4.69) is 5.32 Å². The number of halogens is 1. The molecule has 0 radical (unpaired) electrons. The summed E-state index contributed by atoms with van der Waals surface area (Å²) < 4.78 is 12.6. The molecule has 0 saturated heterocycles. The molecule has 1 atom stereocenters. The molecule has 15 heavy (non-hydrogen) atoms. The van der Waals surface area contributed by atoms with Crippen LogP contribution in [0, 0.1) is 11.7 Å². The first-order valence-electron chi connectivity index (χ1n) is 5.20. The van der Waals surface area contributed by atoms with Gasteiger partial charge in [-0.1, -0.05) is 20.3 Å². The van der Waals surface area contributed by atoms with Crippen LogP contribution in [-0.4, -0.2) is 5.91 Å². The average Bonchev–Trinajstić information content (AvgIpc) is 2.22. The second-order valence-corrected chi connectivity index (χ2v) is 3.69. The van der Waals surface area contributed by atoms with Gasteiger partial charge in [0.15, 0.2) is 0 Å². The average molecular weight is 209 g/mol. The van der Waals surface area contributed by atoms with Gasteiger partial charge in [0.2, 0.25) is 5.91 Å². The first-order chi connectivity index (χ1) is 7.13. The summed E-state index contributed by atoms with van der Waals surface area (Å²) in [6.07, 6.45) is 1.85. The van der Waals surface area contributed by atoms with E-state index in [-0.39, 0.29) is 17.6 Å². The molecule has 0 aromatic heterocycles. The first kappa shape index (κ1) is 11.7. The van der Waals surface area contributed by atoms with E-state index in [1.807, 2.05) is 13.8 Å². The lowest BCUT2D eigenvalue weighted by Gasteiger charge is -2.10. The lowest BCUT2D eigenvalue weighted by molar-refractivity contribution is -0.119. The Kier molecular flexibility index (Phi) is 4.28. The maximum Gasteiger partial charge on any atom is 0.227 e. The van der Waals surface area contributed by atoms with Gasteiger partial charge in [0.05, 0.1) is 0 Å². The van der Waals surface area contributed by atoms with Gasteiger partial charge in [-0.2, -0.15) is 0 Å². The van der Waals surface area contributed by atoms with Crippen molar-refractivity contribution in [3.05, 3.63) is 30.1 Å². The molecule has 82 valence electrons. The molecule has 0 heterocycles. The van der Waals surface area contributed by atoms with Gasteiger partial charge in [-0.25, -0.2) is 4.39 Å². The minimum atomic E-state index is -0.297. The number of amides is 1. The molecule has 1 N–H and O–H groups in total. The van der Waals surface area contributed by atoms with E-state index in [0.29, 0.717) is 5.69 Å². The zero-order chi connectivity index (χ0) is 11.3. The van der Waals surface area contributed by atoms with E-state index in [1.54, 1.807) is 12.1 Å². The Balaban J connectivity index is 2.54. The van der Waals surface area contributed by atoms with E-state index in [4.69, 9.17) is 0 Å². The smallest absolute Gasteiger partial charge is 0.227 e. The minimum Gasteiger partial charge on any atom is -0.326 e. The number of hydrogen-bond acceptors (Lipinski definition) is 1. The van der Waals surface area contributed by atoms with Gasteiger partial charge in [-0.3, -0.25) is 4.79 Å². The SMILES string of the molecule is CCCC(C)C(=O)Nc1ccc(F)cc1. The molecule has 0 spiro atoms. The molecule has 1 unspecified atom stereocenters. The third-order valence-electron chi connectivity index (χ3n) is 2.28. The van der Waals surface area contributed by atoms with Crippen molar-refractivity contribution in [2.24, 2.45) is 5.92 Å². The summed E-state index contributed by atoms with van der Waals surface area (Å²) in [6, 6.07) is 5.79. The third kappa shape index (κ3) is 3.70. The summed E-state index contributed by atoms with van der Waals surface area (Å²) >= 11 is 0. The fraction of sp³-hybridized carbons (Fsp3) is 0.417. The molecular weight excluding hydrogens is 193 g/mol. The number of hydrogen-bond donors (Lipinski definition) is 1. The van der Waals surface area contributed by atoms with Gasteiger partial charge >= 0.3 is 0 Å². The van der Waals surface area contributed by atoms with E-state index in [1.165, 1.54) is 12.1 Å². The Labute approximate surface area is 89.5 Å². The summed E-state index contributed by atoms with van der Waals surface area (Å²) in [7, 11) is 0. The summed E-state index contributed by atoms with van der Waals surface area (Å²) in [4.78, 5) is 11.6. The minimum absolute atomic E-state index is 0.0000491. The van der Waals surface area contributed by atoms with Crippen molar-refractivity contribution in [2.75, 3.05) is 5.32 Å². The van der Waals surface area contributed by atoms with Crippen molar-refractivity contribution in [2.45, 2.75) is 26.7 Å². The van der Waals surface area contributed by atoms with Crippen LogP contribution >= 0.6 is 0 Å². The molecule has 0 aliphatic rings. The predicted molar refractivity (Wildman–Crippen MR) is 59.1 cm³/mol. The molecule has 0 aliphatic heterocycles. The maximum atomic E-state index is 12.6. The van der Waals surface area contributed by atoms with Crippen molar-refractivity contribution in [1.29, 1.82) is 0 Å². The number of nitrogens with one attached hydrogen (secondary N) is 1. The standard InChI is InChI=1S/C12H16FNO/c1-3-4-9(2)12(15)14-11-7-5-10(13)6-8-11/h5-9H,3-4H2,1-2H3,(H,14,15). The monoisotopic (exact) mass is 209 g/mol. The fourth-order valence-electron chi connectivity index (χ4n) is 1.36. The Hall–Kier alpha value is -1.38. The van der Waals surface area contributed by atoms with Crippen molar-refractivity contribution < 1.29 is 9.18 Å². The zero-order valence-corrected chi connectivity index (χ0v) is 9.09. The van der Waals surface area contributed by atoms with Gasteiger partial charge < -0.3 is 5.32 Å². The Morgan fingerprint density at radius 3 is 2.53 bits per heavy atom. The molecule has 0 aliphatic carbocycles. The largest absolute Gasteiger partial charge is 0.326 e. The third-order valence-corrected chi connectivity index (χ3v) is 2.28. The van der Waals surface area contributed by atoms with Gasteiger partial charge in [-0.05, 0) is 30.7 Å². The van der Waals surface area contributed by atoms with Crippen molar-refractivity contribution >= 4 is 11.6 Å². The molecular formula is C12H16FNO. The highest BCUT2D eigenvalue weighted by Gasteiger charge is 2.11. The van der Waals surface area contributed by atoms with Crippen LogP contribution in [0.15, 0.2) is 24.3 Å². The van der Waals surface area contributed by atoms with Gasteiger partial charge in [0.1, 0.15) is 5.82 Å². The van der Waals surface area contributed by atoms with Crippen molar-refractivity contribution in [1.82, 2.24) is 0 Å². The highest BCUT2D eigenvalue weighted by Crippen LogP contribution is 2.12. The second-order valence-electron chi connectivity index (χ2n) is 3.69. The van der Waals surface area contributed by atoms with Gasteiger partial charge in [-0.15, -0.1) is 0 Å². The molecule has 3 heteroatoms. The number of rotatable bonds is 4. The van der Waals surface area contributed by atoms with Crippen molar-refractivity contribution in [3.63, 3.8) is 0 Å². The summed E-state index contributed by atoms with van der Waals surface area (Å²) in [5.41, 5.74) is 0.643. The molecule has 0 bridgehead atoms. The molecule has 2 nitrogen and oxygen atoms in total. The lowest BCUT2D eigenvalue weighted by atomic mass is 10.1. The highest BCUT2D eigenvalue weighted by atomic mass is 19.1. The molecule has 1 aromatic rings. The number of carbonyl (C=O) groups is 1. The van der Waals surface area contributed by atoms with Gasteiger partial charge in [0.25, 0.3) is 0 Å². The van der Waals surface area contributed by atoms with Crippen LogP contribution in [0.3, 0.4) is 0 Å². The lowest BCUT2D eigenvalue weighted by Crippen LogP contribution is -2.20. The van der Waals surface area contributed by atoms with Crippen molar-refractivity contribution in [3.8, 4) is 0 Å². The molecule has 1 rings (SSSR count). The van der Waals surface area contributed by atoms with Crippen LogP contribution in [0.5, 0.6) is 0 Å². The normalized spacial score (nSPS) is 12.2. The zero-order valence-electron chi connectivity index (χ0n) is 9.09.